The molecule has 5 heteroatoms. The van der Waals surface area contributed by atoms with Crippen LogP contribution < -0.4 is 5.32 Å². The molecule has 1 aliphatic rings. The number of rotatable bonds is 3. The molecule has 1 heterocycles. The molecule has 21 heavy (non-hydrogen) atoms. The lowest BCUT2D eigenvalue weighted by atomic mass is 10.0. The number of hydrogen-bond acceptors (Lipinski definition) is 1. The van der Waals surface area contributed by atoms with Crippen LogP contribution in [-0.4, -0.2) is 5.91 Å². The third-order valence-corrected chi connectivity index (χ3v) is 4.91. The van der Waals surface area contributed by atoms with Crippen molar-refractivity contribution in [1.29, 1.82) is 0 Å². The van der Waals surface area contributed by atoms with E-state index in [4.69, 9.17) is 23.2 Å². The quantitative estimate of drug-likeness (QED) is 0.727. The van der Waals surface area contributed by atoms with Gasteiger partial charge in [0.05, 0.1) is 6.42 Å². The maximum Gasteiger partial charge on any atom is 0.228 e. The van der Waals surface area contributed by atoms with Gasteiger partial charge in [0.15, 0.2) is 0 Å². The van der Waals surface area contributed by atoms with E-state index in [1.54, 1.807) is 0 Å². The van der Waals surface area contributed by atoms with Crippen molar-refractivity contribution >= 4 is 50.7 Å². The first-order valence-electron chi connectivity index (χ1n) is 6.53. The highest BCUT2D eigenvalue weighted by molar-refractivity contribution is 9.09. The summed E-state index contributed by atoms with van der Waals surface area (Å²) in [4.78, 5) is 11.5. The van der Waals surface area contributed by atoms with Crippen LogP contribution >= 0.6 is 39.1 Å². The van der Waals surface area contributed by atoms with Crippen molar-refractivity contribution < 1.29 is 4.79 Å². The molecule has 2 nitrogen and oxygen atoms in total. The van der Waals surface area contributed by atoms with Crippen molar-refractivity contribution in [2.24, 2.45) is 0 Å². The van der Waals surface area contributed by atoms with Crippen LogP contribution in [0.3, 0.4) is 0 Å². The number of nitrogens with one attached hydrogen (secondary N) is 1. The summed E-state index contributed by atoms with van der Waals surface area (Å²) in [5, 5.41) is 4.19. The van der Waals surface area contributed by atoms with E-state index in [2.05, 4.69) is 21.2 Å². The van der Waals surface area contributed by atoms with Gasteiger partial charge in [0.2, 0.25) is 5.91 Å². The number of anilines is 1. The Bertz CT molecular complexity index is 700. The highest BCUT2D eigenvalue weighted by atomic mass is 79.9. The second-order valence-corrected chi connectivity index (χ2v) is 7.00. The van der Waals surface area contributed by atoms with Gasteiger partial charge >= 0.3 is 0 Å². The molecule has 1 unspecified atom stereocenters. The summed E-state index contributed by atoms with van der Waals surface area (Å²) in [6, 6.07) is 11.6. The summed E-state index contributed by atoms with van der Waals surface area (Å²) in [5.41, 5.74) is 3.99. The lowest BCUT2D eigenvalue weighted by Crippen LogP contribution is -2.03. The van der Waals surface area contributed by atoms with Crippen molar-refractivity contribution in [3.63, 3.8) is 0 Å². The molecule has 0 saturated carbocycles. The number of amides is 1. The number of alkyl halides is 1. The average Bonchev–Trinajstić information content (AvgIpc) is 2.79. The van der Waals surface area contributed by atoms with Crippen LogP contribution in [0.4, 0.5) is 5.69 Å². The molecule has 108 valence electrons. The normalized spacial score (nSPS) is 14.7. The summed E-state index contributed by atoms with van der Waals surface area (Å²) in [7, 11) is 0. The van der Waals surface area contributed by atoms with Gasteiger partial charge in [-0.1, -0.05) is 57.3 Å². The first-order chi connectivity index (χ1) is 10.0. The zero-order chi connectivity index (χ0) is 15.0. The number of carbonyl (C=O) groups excluding carboxylic acids is 1. The maximum atomic E-state index is 11.4. The van der Waals surface area contributed by atoms with Gasteiger partial charge in [-0.25, -0.2) is 0 Å². The Kier molecular flexibility index (Phi) is 4.25. The molecule has 1 amide bonds. The van der Waals surface area contributed by atoms with E-state index in [1.165, 1.54) is 5.56 Å². The number of carbonyl (C=O) groups is 1. The predicted molar refractivity (Wildman–Crippen MR) is 90.6 cm³/mol. The Morgan fingerprint density at radius 3 is 2.62 bits per heavy atom. The van der Waals surface area contributed by atoms with Crippen LogP contribution in [0.2, 0.25) is 10.0 Å². The lowest BCUT2D eigenvalue weighted by Gasteiger charge is -2.14. The Labute approximate surface area is 141 Å². The number of halogens is 3. The van der Waals surface area contributed by atoms with Crippen molar-refractivity contribution in [3.8, 4) is 0 Å². The minimum absolute atomic E-state index is 0.0158. The largest absolute Gasteiger partial charge is 0.325 e. The second kappa shape index (κ2) is 5.99. The van der Waals surface area contributed by atoms with Gasteiger partial charge in [0, 0.05) is 20.6 Å². The Morgan fingerprint density at radius 2 is 1.90 bits per heavy atom. The van der Waals surface area contributed by atoms with E-state index in [-0.39, 0.29) is 10.7 Å². The van der Waals surface area contributed by atoms with Crippen molar-refractivity contribution in [2.45, 2.75) is 17.7 Å². The van der Waals surface area contributed by atoms with Gasteiger partial charge in [0.25, 0.3) is 0 Å². The summed E-state index contributed by atoms with van der Waals surface area (Å²) in [5.74, 6) is 0.0158. The summed E-state index contributed by atoms with van der Waals surface area (Å²) >= 11 is 15.9. The summed E-state index contributed by atoms with van der Waals surface area (Å²) < 4.78 is 0. The molecule has 1 atom stereocenters. The van der Waals surface area contributed by atoms with E-state index in [0.29, 0.717) is 11.4 Å². The zero-order valence-corrected chi connectivity index (χ0v) is 14.1. The lowest BCUT2D eigenvalue weighted by molar-refractivity contribution is -0.115. The molecule has 2 aromatic rings. The molecule has 3 rings (SSSR count). The topological polar surface area (TPSA) is 29.1 Å². The van der Waals surface area contributed by atoms with Crippen molar-refractivity contribution in [3.05, 3.63) is 63.1 Å². The van der Waals surface area contributed by atoms with Gasteiger partial charge in [-0.3, -0.25) is 4.79 Å². The minimum atomic E-state index is 0.0158. The monoisotopic (exact) mass is 383 g/mol. The molecule has 0 radical (unpaired) electrons. The highest BCUT2D eigenvalue weighted by Crippen LogP contribution is 2.37. The third kappa shape index (κ3) is 3.25. The Morgan fingerprint density at radius 1 is 1.19 bits per heavy atom. The molecule has 0 aliphatic carbocycles. The van der Waals surface area contributed by atoms with Gasteiger partial charge < -0.3 is 5.32 Å². The Hall–Kier alpha value is -1.03. The van der Waals surface area contributed by atoms with Crippen LogP contribution in [-0.2, 0) is 17.6 Å². The average molecular weight is 385 g/mol. The fourth-order valence-electron chi connectivity index (χ4n) is 2.44. The third-order valence-electron chi connectivity index (χ3n) is 3.51. The molecule has 0 aromatic heterocycles. The fraction of sp³-hybridized carbons (Fsp3) is 0.188. The van der Waals surface area contributed by atoms with Crippen LogP contribution in [0.15, 0.2) is 36.4 Å². The van der Waals surface area contributed by atoms with Gasteiger partial charge in [-0.05, 0) is 41.3 Å². The van der Waals surface area contributed by atoms with Gasteiger partial charge in [0.1, 0.15) is 0 Å². The van der Waals surface area contributed by atoms with E-state index >= 15 is 0 Å². The van der Waals surface area contributed by atoms with Gasteiger partial charge in [-0.2, -0.15) is 0 Å². The van der Waals surface area contributed by atoms with E-state index < -0.39 is 0 Å². The highest BCUT2D eigenvalue weighted by Gasteiger charge is 2.22. The molecule has 0 bridgehead atoms. The maximum absolute atomic E-state index is 11.4. The summed E-state index contributed by atoms with van der Waals surface area (Å²) in [6.07, 6.45) is 1.22. The molecule has 1 N–H and O–H groups in total. The SMILES string of the molecule is O=C1Cc2cc(C(Br)Cc3ccc(Cl)cc3)c(Cl)cc2N1. The summed E-state index contributed by atoms with van der Waals surface area (Å²) in [6.45, 7) is 0. The standard InChI is InChI=1S/C16H12BrCl2NO/c17-13(5-9-1-3-11(18)4-2-9)12-6-10-7-16(21)20-15(10)8-14(12)19/h1-4,6,8,13H,5,7H2,(H,20,21). The fourth-order valence-corrected chi connectivity index (χ4v) is 3.75. The van der Waals surface area contributed by atoms with Crippen LogP contribution in [0.25, 0.3) is 0 Å². The van der Waals surface area contributed by atoms with Crippen LogP contribution in [0.5, 0.6) is 0 Å². The molecular weight excluding hydrogens is 373 g/mol. The molecular formula is C16H12BrCl2NO. The number of benzene rings is 2. The van der Waals surface area contributed by atoms with Crippen LogP contribution in [0, 0.1) is 0 Å². The molecule has 0 spiro atoms. The van der Waals surface area contributed by atoms with Crippen molar-refractivity contribution in [2.75, 3.05) is 5.32 Å². The molecule has 2 aromatic carbocycles. The number of fused-ring (bicyclic) bond motifs is 1. The number of hydrogen-bond donors (Lipinski definition) is 1. The Balaban J connectivity index is 1.85. The van der Waals surface area contributed by atoms with Crippen molar-refractivity contribution in [1.82, 2.24) is 0 Å². The smallest absolute Gasteiger partial charge is 0.228 e. The first-order valence-corrected chi connectivity index (χ1v) is 8.21. The first kappa shape index (κ1) is 14.9. The van der Waals surface area contributed by atoms with Gasteiger partial charge in [-0.15, -0.1) is 0 Å². The molecule has 1 aliphatic heterocycles. The predicted octanol–water partition coefficient (Wildman–Crippen LogP) is 5.17. The second-order valence-electron chi connectivity index (χ2n) is 5.05. The molecule has 0 saturated heterocycles. The van der Waals surface area contributed by atoms with E-state index in [0.717, 1.165) is 28.3 Å². The molecule has 0 fully saturated rings. The van der Waals surface area contributed by atoms with E-state index in [9.17, 15) is 4.79 Å². The zero-order valence-electron chi connectivity index (χ0n) is 11.0. The minimum Gasteiger partial charge on any atom is -0.325 e. The van der Waals surface area contributed by atoms with Crippen LogP contribution in [0.1, 0.15) is 21.5 Å². The van der Waals surface area contributed by atoms with E-state index in [1.807, 2.05) is 36.4 Å².